The van der Waals surface area contributed by atoms with Gasteiger partial charge in [-0.05, 0) is 14.0 Å². The molecule has 0 rings (SSSR count). The first-order valence-electron chi connectivity index (χ1n) is 3.81. The molecule has 0 aromatic heterocycles. The molecule has 0 aromatic rings. The van der Waals surface area contributed by atoms with E-state index >= 15 is 0 Å². The zero-order valence-corrected chi connectivity index (χ0v) is 7.39. The van der Waals surface area contributed by atoms with E-state index in [0.29, 0.717) is 13.0 Å². The van der Waals surface area contributed by atoms with Crippen molar-refractivity contribution in [1.29, 1.82) is 0 Å². The van der Waals surface area contributed by atoms with Gasteiger partial charge in [0.15, 0.2) is 0 Å². The molecule has 0 spiro atoms. The van der Waals surface area contributed by atoms with Gasteiger partial charge in [0.2, 0.25) is 11.8 Å². The van der Waals surface area contributed by atoms with E-state index in [2.05, 4.69) is 10.6 Å². The number of hydrogen-bond acceptors (Lipinski definition) is 3. The monoisotopic (exact) mass is 173 g/mol. The highest BCUT2D eigenvalue weighted by atomic mass is 16.2. The van der Waals surface area contributed by atoms with Crippen LogP contribution in [-0.4, -0.2) is 31.4 Å². The Kier molecular flexibility index (Phi) is 5.03. The van der Waals surface area contributed by atoms with E-state index in [1.54, 1.807) is 14.0 Å². The van der Waals surface area contributed by atoms with Gasteiger partial charge in [-0.2, -0.15) is 0 Å². The van der Waals surface area contributed by atoms with Crippen LogP contribution < -0.4 is 16.4 Å². The second-order valence-corrected chi connectivity index (χ2v) is 2.55. The summed E-state index contributed by atoms with van der Waals surface area (Å²) >= 11 is 0. The number of nitrogens with two attached hydrogens (primary N) is 1. The first-order valence-corrected chi connectivity index (χ1v) is 3.81. The van der Waals surface area contributed by atoms with Gasteiger partial charge in [0.05, 0.1) is 0 Å². The largest absolute Gasteiger partial charge is 0.368 e. The van der Waals surface area contributed by atoms with Gasteiger partial charge in [0.1, 0.15) is 6.04 Å². The number of hydrogen-bond donors (Lipinski definition) is 3. The summed E-state index contributed by atoms with van der Waals surface area (Å²) in [4.78, 5) is 21.5. The standard InChI is InChI=1S/C7H15N3O2/c1-5(7(8)12)10-6(11)3-4-9-2/h5,9H,3-4H2,1-2H3,(H2,8,12)(H,10,11). The maximum atomic E-state index is 11.0. The van der Waals surface area contributed by atoms with Crippen molar-refractivity contribution in [2.75, 3.05) is 13.6 Å². The quantitative estimate of drug-likeness (QED) is 0.477. The Morgan fingerprint density at radius 2 is 2.08 bits per heavy atom. The van der Waals surface area contributed by atoms with Crippen molar-refractivity contribution in [2.45, 2.75) is 19.4 Å². The Morgan fingerprint density at radius 3 is 2.50 bits per heavy atom. The van der Waals surface area contributed by atoms with Crippen molar-refractivity contribution in [3.05, 3.63) is 0 Å². The average molecular weight is 173 g/mol. The first kappa shape index (κ1) is 10.9. The smallest absolute Gasteiger partial charge is 0.239 e. The zero-order valence-electron chi connectivity index (χ0n) is 7.39. The predicted molar refractivity (Wildman–Crippen MR) is 45.3 cm³/mol. The number of rotatable bonds is 5. The van der Waals surface area contributed by atoms with Crippen LogP contribution in [-0.2, 0) is 9.59 Å². The van der Waals surface area contributed by atoms with Gasteiger partial charge in [0.25, 0.3) is 0 Å². The molecule has 70 valence electrons. The number of nitrogens with one attached hydrogen (secondary N) is 2. The fourth-order valence-corrected chi connectivity index (χ4v) is 0.623. The molecule has 1 atom stereocenters. The lowest BCUT2D eigenvalue weighted by atomic mass is 10.3. The zero-order chi connectivity index (χ0) is 9.56. The summed E-state index contributed by atoms with van der Waals surface area (Å²) < 4.78 is 0. The number of carbonyl (C=O) groups excluding carboxylic acids is 2. The van der Waals surface area contributed by atoms with Gasteiger partial charge >= 0.3 is 0 Å². The Hall–Kier alpha value is -1.10. The second kappa shape index (κ2) is 5.54. The lowest BCUT2D eigenvalue weighted by Crippen LogP contribution is -2.42. The molecule has 0 aliphatic heterocycles. The summed E-state index contributed by atoms with van der Waals surface area (Å²) in [6, 6.07) is -0.589. The molecular formula is C7H15N3O2. The normalized spacial score (nSPS) is 12.2. The van der Waals surface area contributed by atoms with Crippen molar-refractivity contribution in [1.82, 2.24) is 10.6 Å². The van der Waals surface area contributed by atoms with Crippen LogP contribution in [0.5, 0.6) is 0 Å². The second-order valence-electron chi connectivity index (χ2n) is 2.55. The number of carbonyl (C=O) groups is 2. The minimum absolute atomic E-state index is 0.171. The van der Waals surface area contributed by atoms with Gasteiger partial charge in [-0.15, -0.1) is 0 Å². The number of amides is 2. The van der Waals surface area contributed by atoms with Crippen LogP contribution in [0.25, 0.3) is 0 Å². The van der Waals surface area contributed by atoms with Crippen molar-refractivity contribution < 1.29 is 9.59 Å². The van der Waals surface area contributed by atoms with E-state index < -0.39 is 11.9 Å². The highest BCUT2D eigenvalue weighted by Gasteiger charge is 2.10. The molecule has 0 aliphatic carbocycles. The third-order valence-corrected chi connectivity index (χ3v) is 1.41. The third kappa shape index (κ3) is 4.68. The van der Waals surface area contributed by atoms with Gasteiger partial charge in [0, 0.05) is 13.0 Å². The highest BCUT2D eigenvalue weighted by Crippen LogP contribution is 1.82. The minimum atomic E-state index is -0.589. The summed E-state index contributed by atoms with van der Waals surface area (Å²) in [7, 11) is 1.75. The maximum Gasteiger partial charge on any atom is 0.239 e. The van der Waals surface area contributed by atoms with Crippen LogP contribution in [0.3, 0.4) is 0 Å². The molecule has 0 heterocycles. The molecule has 0 radical (unpaired) electrons. The Balaban J connectivity index is 3.61. The SMILES string of the molecule is CNCCC(=O)NC(C)C(N)=O. The summed E-state index contributed by atoms with van der Waals surface area (Å²) in [5.41, 5.74) is 4.94. The van der Waals surface area contributed by atoms with Gasteiger partial charge in [-0.3, -0.25) is 9.59 Å². The van der Waals surface area contributed by atoms with Crippen LogP contribution >= 0.6 is 0 Å². The topological polar surface area (TPSA) is 84.2 Å². The van der Waals surface area contributed by atoms with E-state index in [1.807, 2.05) is 0 Å². The fraction of sp³-hybridized carbons (Fsp3) is 0.714. The van der Waals surface area contributed by atoms with E-state index in [1.165, 1.54) is 0 Å². The first-order chi connectivity index (χ1) is 5.57. The molecule has 0 bridgehead atoms. The lowest BCUT2D eigenvalue weighted by molar-refractivity contribution is -0.126. The lowest BCUT2D eigenvalue weighted by Gasteiger charge is -2.09. The predicted octanol–water partition coefficient (Wildman–Crippen LogP) is -1.41. The van der Waals surface area contributed by atoms with Gasteiger partial charge in [-0.1, -0.05) is 0 Å². The molecule has 1 unspecified atom stereocenters. The molecule has 0 saturated carbocycles. The van der Waals surface area contributed by atoms with Crippen molar-refractivity contribution in [3.8, 4) is 0 Å². The van der Waals surface area contributed by atoms with E-state index in [4.69, 9.17) is 5.73 Å². The third-order valence-electron chi connectivity index (χ3n) is 1.41. The molecular weight excluding hydrogens is 158 g/mol. The van der Waals surface area contributed by atoms with Crippen LogP contribution in [0.2, 0.25) is 0 Å². The summed E-state index contributed by atoms with van der Waals surface area (Å²) in [6.45, 7) is 2.15. The fourth-order valence-electron chi connectivity index (χ4n) is 0.623. The van der Waals surface area contributed by atoms with E-state index in [9.17, 15) is 9.59 Å². The van der Waals surface area contributed by atoms with E-state index in [0.717, 1.165) is 0 Å². The summed E-state index contributed by atoms with van der Waals surface area (Å²) in [6.07, 6.45) is 0.355. The van der Waals surface area contributed by atoms with Crippen molar-refractivity contribution in [3.63, 3.8) is 0 Å². The van der Waals surface area contributed by atoms with Crippen LogP contribution in [0.1, 0.15) is 13.3 Å². The molecule has 5 heteroatoms. The Bertz CT molecular complexity index is 170. The van der Waals surface area contributed by atoms with Gasteiger partial charge in [-0.25, -0.2) is 0 Å². The molecule has 5 nitrogen and oxygen atoms in total. The molecule has 0 fully saturated rings. The maximum absolute atomic E-state index is 11.0. The van der Waals surface area contributed by atoms with Gasteiger partial charge < -0.3 is 16.4 Å². The molecule has 0 saturated heterocycles. The molecule has 2 amide bonds. The average Bonchev–Trinajstić information content (AvgIpc) is 2.00. The van der Waals surface area contributed by atoms with Crippen molar-refractivity contribution >= 4 is 11.8 Å². The van der Waals surface area contributed by atoms with Crippen molar-refractivity contribution in [2.24, 2.45) is 5.73 Å². The Morgan fingerprint density at radius 1 is 1.50 bits per heavy atom. The molecule has 0 aliphatic rings. The van der Waals surface area contributed by atoms with Crippen LogP contribution in [0, 0.1) is 0 Å². The number of primary amides is 1. The minimum Gasteiger partial charge on any atom is -0.368 e. The molecule has 4 N–H and O–H groups in total. The molecule has 0 aromatic carbocycles. The Labute approximate surface area is 71.7 Å². The highest BCUT2D eigenvalue weighted by molar-refractivity contribution is 5.86. The van der Waals surface area contributed by atoms with E-state index in [-0.39, 0.29) is 5.91 Å². The van der Waals surface area contributed by atoms with Crippen LogP contribution in [0.15, 0.2) is 0 Å². The summed E-state index contributed by atoms with van der Waals surface area (Å²) in [5, 5.41) is 5.28. The van der Waals surface area contributed by atoms with Crippen LogP contribution in [0.4, 0.5) is 0 Å². The summed E-state index contributed by atoms with van der Waals surface area (Å²) in [5.74, 6) is -0.691. The molecule has 12 heavy (non-hydrogen) atoms.